The number of piperidine rings is 1. The van der Waals surface area contributed by atoms with Crippen LogP contribution >= 0.6 is 24.8 Å². The van der Waals surface area contributed by atoms with Crippen molar-refractivity contribution in [3.05, 3.63) is 35.9 Å². The zero-order chi connectivity index (χ0) is 18.1. The van der Waals surface area contributed by atoms with E-state index in [-0.39, 0.29) is 36.6 Å². The summed E-state index contributed by atoms with van der Waals surface area (Å²) in [6.45, 7) is 6.38. The van der Waals surface area contributed by atoms with Gasteiger partial charge in [0.05, 0.1) is 18.3 Å². The molecule has 2 fully saturated rings. The van der Waals surface area contributed by atoms with Crippen LogP contribution in [-0.2, 0) is 18.4 Å². The second-order valence-electron chi connectivity index (χ2n) is 7.83. The van der Waals surface area contributed by atoms with Gasteiger partial charge < -0.3 is 10.2 Å². The van der Waals surface area contributed by atoms with E-state index < -0.39 is 0 Å². The van der Waals surface area contributed by atoms with Gasteiger partial charge in [0.2, 0.25) is 5.91 Å². The Morgan fingerprint density at radius 3 is 2.50 bits per heavy atom. The Hall–Kier alpha value is -1.57. The molecule has 2 atom stereocenters. The van der Waals surface area contributed by atoms with Crippen molar-refractivity contribution < 1.29 is 4.79 Å². The van der Waals surface area contributed by atoms with E-state index in [1.807, 2.05) is 35.0 Å². The van der Waals surface area contributed by atoms with Gasteiger partial charge in [-0.1, -0.05) is 0 Å². The first-order valence-corrected chi connectivity index (χ1v) is 9.57. The predicted octanol–water partition coefficient (Wildman–Crippen LogP) is 2.01. The second kappa shape index (κ2) is 9.76. The molecule has 156 valence electrons. The van der Waals surface area contributed by atoms with E-state index in [2.05, 4.69) is 33.5 Å². The number of rotatable bonds is 4. The summed E-state index contributed by atoms with van der Waals surface area (Å²) in [7, 11) is 1.93. The van der Waals surface area contributed by atoms with Crippen molar-refractivity contribution in [1.29, 1.82) is 0 Å². The summed E-state index contributed by atoms with van der Waals surface area (Å²) in [5, 5.41) is 12.1. The van der Waals surface area contributed by atoms with Gasteiger partial charge >= 0.3 is 0 Å². The number of aromatic nitrogens is 4. The number of halogens is 2. The number of carbonyl (C=O) groups excluding carboxylic acids is 1. The number of amides is 1. The van der Waals surface area contributed by atoms with Crippen molar-refractivity contribution in [3.63, 3.8) is 0 Å². The number of aryl methyl sites for hydroxylation is 2. The van der Waals surface area contributed by atoms with E-state index in [9.17, 15) is 4.79 Å². The molecule has 2 aliphatic heterocycles. The normalized spacial score (nSPS) is 22.6. The molecule has 0 unspecified atom stereocenters. The zero-order valence-corrected chi connectivity index (χ0v) is 18.1. The maximum Gasteiger partial charge on any atom is 0.227 e. The van der Waals surface area contributed by atoms with Crippen LogP contribution in [0.15, 0.2) is 24.8 Å². The van der Waals surface area contributed by atoms with Gasteiger partial charge in [-0.15, -0.1) is 24.8 Å². The average Bonchev–Trinajstić information content (AvgIpc) is 3.36. The third-order valence-corrected chi connectivity index (χ3v) is 5.82. The van der Waals surface area contributed by atoms with Crippen molar-refractivity contribution in [2.45, 2.75) is 32.2 Å². The molecule has 2 aromatic rings. The summed E-state index contributed by atoms with van der Waals surface area (Å²) < 4.78 is 3.86. The lowest BCUT2D eigenvalue weighted by molar-refractivity contribution is -0.136. The maximum absolute atomic E-state index is 13.1. The lowest BCUT2D eigenvalue weighted by Crippen LogP contribution is -2.44. The number of hydrogen-bond acceptors (Lipinski definition) is 4. The van der Waals surface area contributed by atoms with Crippen LogP contribution in [0.2, 0.25) is 0 Å². The highest BCUT2D eigenvalue weighted by atomic mass is 35.5. The molecular weight excluding hydrogens is 399 g/mol. The predicted molar refractivity (Wildman–Crippen MR) is 113 cm³/mol. The lowest BCUT2D eigenvalue weighted by Gasteiger charge is -2.34. The highest BCUT2D eigenvalue weighted by Gasteiger charge is 2.38. The monoisotopic (exact) mass is 428 g/mol. The van der Waals surface area contributed by atoms with E-state index in [0.717, 1.165) is 45.6 Å². The Kier molecular flexibility index (Phi) is 7.92. The molecule has 28 heavy (non-hydrogen) atoms. The average molecular weight is 429 g/mol. The summed E-state index contributed by atoms with van der Waals surface area (Å²) in [5.74, 6) is 1.18. The fourth-order valence-electron chi connectivity index (χ4n) is 4.32. The van der Waals surface area contributed by atoms with Gasteiger partial charge in [-0.3, -0.25) is 14.2 Å². The molecule has 2 saturated heterocycles. The summed E-state index contributed by atoms with van der Waals surface area (Å²) in [4.78, 5) is 15.2. The van der Waals surface area contributed by atoms with Crippen LogP contribution in [0.25, 0.3) is 0 Å². The number of likely N-dealkylation sites (tertiary alicyclic amines) is 1. The van der Waals surface area contributed by atoms with Gasteiger partial charge in [-0.2, -0.15) is 10.2 Å². The number of carbonyl (C=O) groups is 1. The number of nitrogens with zero attached hydrogens (tertiary/aromatic N) is 5. The fraction of sp³-hybridized carbons (Fsp3) is 0.632. The second-order valence-corrected chi connectivity index (χ2v) is 7.83. The third kappa shape index (κ3) is 4.88. The quantitative estimate of drug-likeness (QED) is 0.808. The summed E-state index contributed by atoms with van der Waals surface area (Å²) in [6.07, 6.45) is 10.1. The van der Waals surface area contributed by atoms with Crippen LogP contribution in [0, 0.1) is 18.8 Å². The Morgan fingerprint density at radius 1 is 1.14 bits per heavy atom. The van der Waals surface area contributed by atoms with Gasteiger partial charge in [-0.25, -0.2) is 0 Å². The third-order valence-electron chi connectivity index (χ3n) is 5.82. The van der Waals surface area contributed by atoms with Gasteiger partial charge in [-0.05, 0) is 36.8 Å². The molecule has 7 nitrogen and oxygen atoms in total. The van der Waals surface area contributed by atoms with Crippen molar-refractivity contribution in [1.82, 2.24) is 29.8 Å². The van der Waals surface area contributed by atoms with E-state index in [0.29, 0.717) is 11.8 Å². The standard InChI is InChI=1S/C19H28N6O.2ClH/c1-14-7-22-25(11-14)12-15-3-5-24(6-4-15)19(26)18-10-20-9-17(18)16-8-21-23(2)13-16;;/h7-8,11,13,15,17-18,20H,3-6,9-10,12H2,1-2H3;2*1H/t17-,18+;;/m1../s1. The van der Waals surface area contributed by atoms with E-state index in [1.165, 1.54) is 11.1 Å². The topological polar surface area (TPSA) is 68.0 Å². The summed E-state index contributed by atoms with van der Waals surface area (Å²) >= 11 is 0. The Labute approximate surface area is 178 Å². The molecule has 0 aliphatic carbocycles. The summed E-state index contributed by atoms with van der Waals surface area (Å²) in [5.41, 5.74) is 2.37. The van der Waals surface area contributed by atoms with Gasteiger partial charge in [0.1, 0.15) is 0 Å². The first-order valence-electron chi connectivity index (χ1n) is 9.57. The SMILES string of the molecule is Cc1cnn(CC2CCN(C(=O)[C@H]3CNC[C@@H]3c3cnn(C)c3)CC2)c1.Cl.Cl. The highest BCUT2D eigenvalue weighted by Crippen LogP contribution is 2.30. The van der Waals surface area contributed by atoms with Crippen LogP contribution in [0.1, 0.15) is 29.9 Å². The molecule has 0 bridgehead atoms. The molecule has 0 aromatic carbocycles. The molecular formula is C19H30Cl2N6O. The molecule has 1 N–H and O–H groups in total. The van der Waals surface area contributed by atoms with Gasteiger partial charge in [0.15, 0.2) is 0 Å². The molecule has 0 saturated carbocycles. The molecule has 1 amide bonds. The molecule has 0 spiro atoms. The Morgan fingerprint density at radius 2 is 1.89 bits per heavy atom. The van der Waals surface area contributed by atoms with E-state index in [1.54, 1.807) is 0 Å². The van der Waals surface area contributed by atoms with Crippen LogP contribution in [0.3, 0.4) is 0 Å². The molecule has 2 aliphatic rings. The van der Waals surface area contributed by atoms with E-state index >= 15 is 0 Å². The first-order chi connectivity index (χ1) is 12.6. The summed E-state index contributed by atoms with van der Waals surface area (Å²) in [6, 6.07) is 0. The molecule has 2 aromatic heterocycles. The van der Waals surface area contributed by atoms with Crippen LogP contribution in [0.4, 0.5) is 0 Å². The van der Waals surface area contributed by atoms with Crippen molar-refractivity contribution >= 4 is 30.7 Å². The van der Waals surface area contributed by atoms with Gasteiger partial charge in [0, 0.05) is 58.1 Å². The minimum absolute atomic E-state index is 0. The van der Waals surface area contributed by atoms with Crippen molar-refractivity contribution in [3.8, 4) is 0 Å². The molecule has 0 radical (unpaired) electrons. The molecule has 9 heteroatoms. The van der Waals surface area contributed by atoms with Crippen LogP contribution in [0.5, 0.6) is 0 Å². The Bertz CT molecular complexity index is 768. The van der Waals surface area contributed by atoms with Crippen molar-refractivity contribution in [2.24, 2.45) is 18.9 Å². The molecule has 4 heterocycles. The van der Waals surface area contributed by atoms with Gasteiger partial charge in [0.25, 0.3) is 0 Å². The highest BCUT2D eigenvalue weighted by molar-refractivity contribution is 5.85. The number of nitrogens with one attached hydrogen (secondary N) is 1. The minimum Gasteiger partial charge on any atom is -0.342 e. The van der Waals surface area contributed by atoms with Crippen LogP contribution < -0.4 is 5.32 Å². The Balaban J connectivity index is 0.00000140. The minimum atomic E-state index is 0. The smallest absolute Gasteiger partial charge is 0.227 e. The zero-order valence-electron chi connectivity index (χ0n) is 16.5. The maximum atomic E-state index is 13.1. The number of hydrogen-bond donors (Lipinski definition) is 1. The largest absolute Gasteiger partial charge is 0.342 e. The fourth-order valence-corrected chi connectivity index (χ4v) is 4.32. The molecule has 4 rings (SSSR count). The lowest BCUT2D eigenvalue weighted by atomic mass is 9.88. The van der Waals surface area contributed by atoms with E-state index in [4.69, 9.17) is 0 Å². The van der Waals surface area contributed by atoms with Crippen LogP contribution in [-0.4, -0.2) is 56.5 Å². The first kappa shape index (κ1) is 22.7. The van der Waals surface area contributed by atoms with Crippen molar-refractivity contribution in [2.75, 3.05) is 26.2 Å².